The second-order valence-corrected chi connectivity index (χ2v) is 6.05. The van der Waals surface area contributed by atoms with Crippen molar-refractivity contribution in [2.75, 3.05) is 26.3 Å². The Hall–Kier alpha value is -1.14. The Kier molecular flexibility index (Phi) is 3.02. The monoisotopic (exact) mass is 268 g/mol. The van der Waals surface area contributed by atoms with Gasteiger partial charge < -0.3 is 20.5 Å². The summed E-state index contributed by atoms with van der Waals surface area (Å²) in [6.45, 7) is 2.38. The molecule has 1 amide bonds. The normalized spacial score (nSPS) is 36.1. The maximum absolute atomic E-state index is 12.3. The topological polar surface area (TPSA) is 87.7 Å². The van der Waals surface area contributed by atoms with Crippen molar-refractivity contribution in [3.8, 4) is 0 Å². The lowest BCUT2D eigenvalue weighted by molar-refractivity contribution is -0.148. The lowest BCUT2D eigenvalue weighted by atomic mass is 9.91. The van der Waals surface area contributed by atoms with Gasteiger partial charge in [-0.05, 0) is 37.8 Å². The third-order valence-corrected chi connectivity index (χ3v) is 4.90. The van der Waals surface area contributed by atoms with E-state index in [-0.39, 0.29) is 23.8 Å². The number of hydrogen-bond donors (Lipinski definition) is 3. The van der Waals surface area contributed by atoms with Crippen LogP contribution in [0.25, 0.3) is 0 Å². The number of piperidine rings is 1. The van der Waals surface area contributed by atoms with Crippen molar-refractivity contribution in [2.45, 2.75) is 31.2 Å². The predicted molar refractivity (Wildman–Crippen MR) is 66.6 cm³/mol. The fourth-order valence-corrected chi connectivity index (χ4v) is 3.40. The SMILES string of the molecule is O=C(NC1(C(=O)O)CCOC1)C1CC12CCNCC2. The van der Waals surface area contributed by atoms with Gasteiger partial charge in [-0.25, -0.2) is 4.79 Å². The number of aliphatic carboxylic acids is 1. The van der Waals surface area contributed by atoms with Gasteiger partial charge in [0, 0.05) is 18.9 Å². The zero-order chi connectivity index (χ0) is 13.5. The Balaban J connectivity index is 1.64. The molecule has 0 radical (unpaired) electrons. The highest BCUT2D eigenvalue weighted by Gasteiger charge is 2.59. The standard InChI is InChI=1S/C13H20N2O4/c16-10(9-7-12(9)1-4-14-5-2-12)15-13(11(17)18)3-6-19-8-13/h9,14H,1-8H2,(H,15,16)(H,17,18). The van der Waals surface area contributed by atoms with Crippen molar-refractivity contribution >= 4 is 11.9 Å². The van der Waals surface area contributed by atoms with Crippen LogP contribution in [0.1, 0.15) is 25.7 Å². The Morgan fingerprint density at radius 2 is 2.00 bits per heavy atom. The molecular formula is C13H20N2O4. The predicted octanol–water partition coefficient (Wildman–Crippen LogP) is -0.264. The first kappa shape index (κ1) is 12.9. The minimum absolute atomic E-state index is 0.00794. The van der Waals surface area contributed by atoms with Gasteiger partial charge in [0.05, 0.1) is 6.61 Å². The lowest BCUT2D eigenvalue weighted by Crippen LogP contribution is -2.56. The first-order valence-electron chi connectivity index (χ1n) is 6.92. The summed E-state index contributed by atoms with van der Waals surface area (Å²) in [5, 5.41) is 15.3. The number of amides is 1. The van der Waals surface area contributed by atoms with E-state index in [2.05, 4.69) is 10.6 Å². The summed E-state index contributed by atoms with van der Waals surface area (Å²) in [5.74, 6) is -1.10. The molecule has 2 heterocycles. The molecule has 0 bridgehead atoms. The first-order valence-corrected chi connectivity index (χ1v) is 6.92. The minimum atomic E-state index is -1.20. The van der Waals surface area contributed by atoms with Crippen molar-refractivity contribution in [2.24, 2.45) is 11.3 Å². The van der Waals surface area contributed by atoms with Crippen molar-refractivity contribution in [1.82, 2.24) is 10.6 Å². The van der Waals surface area contributed by atoms with Gasteiger partial charge >= 0.3 is 5.97 Å². The van der Waals surface area contributed by atoms with Crippen molar-refractivity contribution in [3.63, 3.8) is 0 Å². The number of carboxylic acid groups (broad SMARTS) is 1. The van der Waals surface area contributed by atoms with Gasteiger partial charge in [-0.15, -0.1) is 0 Å². The summed E-state index contributed by atoms with van der Waals surface area (Å²) >= 11 is 0. The van der Waals surface area contributed by atoms with Gasteiger partial charge in [0.2, 0.25) is 5.91 Å². The van der Waals surface area contributed by atoms with Crippen LogP contribution in [0.3, 0.4) is 0 Å². The Labute approximate surface area is 111 Å². The van der Waals surface area contributed by atoms with Gasteiger partial charge in [-0.2, -0.15) is 0 Å². The fraction of sp³-hybridized carbons (Fsp3) is 0.846. The molecule has 6 nitrogen and oxygen atoms in total. The quantitative estimate of drug-likeness (QED) is 0.656. The van der Waals surface area contributed by atoms with Gasteiger partial charge in [0.25, 0.3) is 0 Å². The highest BCUT2D eigenvalue weighted by molar-refractivity contribution is 5.90. The van der Waals surface area contributed by atoms with E-state index >= 15 is 0 Å². The van der Waals surface area contributed by atoms with Crippen LogP contribution in [0.2, 0.25) is 0 Å². The number of ether oxygens (including phenoxy) is 1. The molecule has 2 aliphatic heterocycles. The molecule has 1 spiro atoms. The first-order chi connectivity index (χ1) is 9.08. The van der Waals surface area contributed by atoms with E-state index in [1.54, 1.807) is 0 Å². The highest BCUT2D eigenvalue weighted by atomic mass is 16.5. The molecule has 3 aliphatic rings. The summed E-state index contributed by atoms with van der Waals surface area (Å²) in [4.78, 5) is 23.7. The molecular weight excluding hydrogens is 248 g/mol. The van der Waals surface area contributed by atoms with E-state index in [4.69, 9.17) is 4.74 Å². The Morgan fingerprint density at radius 3 is 2.58 bits per heavy atom. The van der Waals surface area contributed by atoms with Gasteiger partial charge in [0.1, 0.15) is 0 Å². The smallest absolute Gasteiger partial charge is 0.331 e. The van der Waals surface area contributed by atoms with Crippen LogP contribution in [0, 0.1) is 11.3 Å². The van der Waals surface area contributed by atoms with E-state index in [0.717, 1.165) is 32.4 Å². The molecule has 2 atom stereocenters. The van der Waals surface area contributed by atoms with Crippen molar-refractivity contribution in [1.29, 1.82) is 0 Å². The number of carboxylic acids is 1. The molecule has 106 valence electrons. The third-order valence-electron chi connectivity index (χ3n) is 4.90. The van der Waals surface area contributed by atoms with Crippen LogP contribution >= 0.6 is 0 Å². The fourth-order valence-electron chi connectivity index (χ4n) is 3.40. The molecule has 1 aliphatic carbocycles. The zero-order valence-corrected chi connectivity index (χ0v) is 10.9. The van der Waals surface area contributed by atoms with Gasteiger partial charge in [0.15, 0.2) is 5.54 Å². The van der Waals surface area contributed by atoms with Crippen LogP contribution in [0.4, 0.5) is 0 Å². The van der Waals surface area contributed by atoms with Crippen LogP contribution in [0.15, 0.2) is 0 Å². The van der Waals surface area contributed by atoms with Crippen LogP contribution < -0.4 is 10.6 Å². The molecule has 0 aromatic rings. The summed E-state index contributed by atoms with van der Waals surface area (Å²) in [5.41, 5.74) is -1.07. The minimum Gasteiger partial charge on any atom is -0.479 e. The van der Waals surface area contributed by atoms with E-state index in [0.29, 0.717) is 13.0 Å². The molecule has 19 heavy (non-hydrogen) atoms. The van der Waals surface area contributed by atoms with E-state index in [1.807, 2.05) is 0 Å². The van der Waals surface area contributed by atoms with Crippen LogP contribution in [0.5, 0.6) is 0 Å². The zero-order valence-electron chi connectivity index (χ0n) is 10.9. The third kappa shape index (κ3) is 2.12. The Morgan fingerprint density at radius 1 is 1.26 bits per heavy atom. The number of carbonyl (C=O) groups excluding carboxylic acids is 1. The van der Waals surface area contributed by atoms with E-state index in [9.17, 15) is 14.7 Å². The average molecular weight is 268 g/mol. The number of nitrogens with one attached hydrogen (secondary N) is 2. The average Bonchev–Trinajstić information content (AvgIpc) is 2.87. The molecule has 3 N–H and O–H groups in total. The summed E-state index contributed by atoms with van der Waals surface area (Å²) in [6.07, 6.45) is 3.29. The molecule has 0 aromatic carbocycles. The second kappa shape index (κ2) is 4.45. The highest BCUT2D eigenvalue weighted by Crippen LogP contribution is 2.58. The summed E-state index contributed by atoms with van der Waals surface area (Å²) < 4.78 is 5.15. The maximum Gasteiger partial charge on any atom is 0.331 e. The largest absolute Gasteiger partial charge is 0.479 e. The lowest BCUT2D eigenvalue weighted by Gasteiger charge is -2.26. The molecule has 2 unspecified atom stereocenters. The molecule has 1 saturated carbocycles. The summed E-state index contributed by atoms with van der Waals surface area (Å²) in [6, 6.07) is 0. The second-order valence-electron chi connectivity index (χ2n) is 6.05. The Bertz CT molecular complexity index is 397. The maximum atomic E-state index is 12.3. The van der Waals surface area contributed by atoms with Crippen molar-refractivity contribution in [3.05, 3.63) is 0 Å². The molecule has 0 aromatic heterocycles. The van der Waals surface area contributed by atoms with E-state index in [1.165, 1.54) is 0 Å². The molecule has 6 heteroatoms. The van der Waals surface area contributed by atoms with Crippen LogP contribution in [-0.2, 0) is 14.3 Å². The molecule has 2 saturated heterocycles. The van der Waals surface area contributed by atoms with Gasteiger partial charge in [-0.3, -0.25) is 4.79 Å². The number of rotatable bonds is 3. The molecule has 3 rings (SSSR count). The summed E-state index contributed by atoms with van der Waals surface area (Å²) in [7, 11) is 0. The van der Waals surface area contributed by atoms with Gasteiger partial charge in [-0.1, -0.05) is 0 Å². The molecule has 3 fully saturated rings. The van der Waals surface area contributed by atoms with Crippen molar-refractivity contribution < 1.29 is 19.4 Å². The number of carbonyl (C=O) groups is 2. The van der Waals surface area contributed by atoms with E-state index < -0.39 is 11.5 Å². The van der Waals surface area contributed by atoms with Crippen LogP contribution in [-0.4, -0.2) is 48.8 Å². The number of hydrogen-bond acceptors (Lipinski definition) is 4.